The molecule has 0 unspecified atom stereocenters. The Morgan fingerprint density at radius 3 is 2.52 bits per heavy atom. The molecule has 0 saturated heterocycles. The maximum atomic E-state index is 12.9. The van der Waals surface area contributed by atoms with Crippen LogP contribution in [0.2, 0.25) is 4.34 Å². The molecule has 0 bridgehead atoms. The fourth-order valence-corrected chi connectivity index (χ4v) is 3.87. The van der Waals surface area contributed by atoms with Gasteiger partial charge >= 0.3 is 0 Å². The highest BCUT2D eigenvalue weighted by atomic mass is 35.5. The summed E-state index contributed by atoms with van der Waals surface area (Å²) < 4.78 is 13.5. The van der Waals surface area contributed by atoms with Gasteiger partial charge in [0.25, 0.3) is 5.91 Å². The molecule has 0 aliphatic heterocycles. The Balaban J connectivity index is 1.64. The van der Waals surface area contributed by atoms with Gasteiger partial charge in [0.2, 0.25) is 5.01 Å². The SMILES string of the molecule is O=C(NCc1ccc(F)cc1)c1nnc(/C(Cl)=C/c2ccc(Cl)s2)s1. The summed E-state index contributed by atoms with van der Waals surface area (Å²) in [5.41, 5.74) is 0.784. The maximum Gasteiger partial charge on any atom is 0.282 e. The third kappa shape index (κ3) is 4.85. The van der Waals surface area contributed by atoms with E-state index < -0.39 is 0 Å². The molecule has 0 fully saturated rings. The molecule has 128 valence electrons. The van der Waals surface area contributed by atoms with Gasteiger partial charge in [-0.25, -0.2) is 4.39 Å². The van der Waals surface area contributed by atoms with Gasteiger partial charge in [0.05, 0.1) is 9.37 Å². The molecule has 0 atom stereocenters. The van der Waals surface area contributed by atoms with Gasteiger partial charge in [-0.15, -0.1) is 21.5 Å². The van der Waals surface area contributed by atoms with Gasteiger partial charge in [0.1, 0.15) is 5.82 Å². The lowest BCUT2D eigenvalue weighted by Crippen LogP contribution is -2.22. The lowest BCUT2D eigenvalue weighted by Gasteiger charge is -2.02. The number of nitrogens with one attached hydrogen (secondary N) is 1. The number of benzene rings is 1. The van der Waals surface area contributed by atoms with Crippen molar-refractivity contribution in [3.05, 3.63) is 67.0 Å². The third-order valence-corrected chi connectivity index (χ3v) is 5.59. The lowest BCUT2D eigenvalue weighted by atomic mass is 10.2. The highest BCUT2D eigenvalue weighted by Gasteiger charge is 2.14. The fraction of sp³-hybridized carbons (Fsp3) is 0.0625. The standard InChI is InChI=1S/C16H10Cl2FN3OS2/c17-12(7-11-5-6-13(18)24-11)15-21-22-16(25-15)14(23)20-8-9-1-3-10(19)4-2-9/h1-7H,8H2,(H,20,23)/b12-7-. The summed E-state index contributed by atoms with van der Waals surface area (Å²) in [5.74, 6) is -0.686. The number of aromatic nitrogens is 2. The lowest BCUT2D eigenvalue weighted by molar-refractivity contribution is 0.0950. The quantitative estimate of drug-likeness (QED) is 0.635. The van der Waals surface area contributed by atoms with Crippen LogP contribution in [0.15, 0.2) is 36.4 Å². The van der Waals surface area contributed by atoms with Crippen LogP contribution in [0, 0.1) is 5.82 Å². The average Bonchev–Trinajstić information content (AvgIpc) is 3.23. The van der Waals surface area contributed by atoms with E-state index in [2.05, 4.69) is 15.5 Å². The second kappa shape index (κ2) is 8.05. The number of carbonyl (C=O) groups is 1. The normalized spacial score (nSPS) is 11.6. The van der Waals surface area contributed by atoms with Crippen LogP contribution in [-0.4, -0.2) is 16.1 Å². The van der Waals surface area contributed by atoms with Crippen LogP contribution in [0.1, 0.15) is 25.3 Å². The zero-order valence-electron chi connectivity index (χ0n) is 12.5. The Kier molecular flexibility index (Phi) is 5.80. The number of hydrogen-bond acceptors (Lipinski definition) is 5. The van der Waals surface area contributed by atoms with Crippen LogP contribution in [0.3, 0.4) is 0 Å². The first-order valence-electron chi connectivity index (χ1n) is 7.00. The number of carbonyl (C=O) groups excluding carboxylic acids is 1. The fourth-order valence-electron chi connectivity index (χ4n) is 1.86. The number of halogens is 3. The van der Waals surface area contributed by atoms with Crippen LogP contribution in [0.25, 0.3) is 11.1 Å². The Hall–Kier alpha value is -1.80. The summed E-state index contributed by atoms with van der Waals surface area (Å²) in [6, 6.07) is 9.50. The number of thiophene rings is 1. The summed E-state index contributed by atoms with van der Waals surface area (Å²) >= 11 is 14.6. The highest BCUT2D eigenvalue weighted by molar-refractivity contribution is 7.17. The predicted molar refractivity (Wildman–Crippen MR) is 101 cm³/mol. The van der Waals surface area contributed by atoms with Gasteiger partial charge in [-0.2, -0.15) is 0 Å². The molecule has 0 aliphatic rings. The molecule has 0 spiro atoms. The van der Waals surface area contributed by atoms with Crippen LogP contribution >= 0.6 is 45.9 Å². The van der Waals surface area contributed by atoms with Crippen LogP contribution in [0.5, 0.6) is 0 Å². The van der Waals surface area contributed by atoms with Crippen LogP contribution in [0.4, 0.5) is 4.39 Å². The second-order valence-electron chi connectivity index (χ2n) is 4.86. The molecule has 1 aromatic carbocycles. The molecule has 3 rings (SSSR count). The van der Waals surface area contributed by atoms with E-state index >= 15 is 0 Å². The van der Waals surface area contributed by atoms with Gasteiger partial charge < -0.3 is 5.32 Å². The molecule has 3 aromatic rings. The first kappa shape index (κ1) is 18.0. The molecule has 2 heterocycles. The van der Waals surface area contributed by atoms with Crippen molar-refractivity contribution in [2.24, 2.45) is 0 Å². The summed E-state index contributed by atoms with van der Waals surface area (Å²) in [7, 11) is 0. The average molecular weight is 414 g/mol. The summed E-state index contributed by atoms with van der Waals surface area (Å²) in [6.07, 6.45) is 1.72. The molecular formula is C16H10Cl2FN3OS2. The summed E-state index contributed by atoms with van der Waals surface area (Å²) in [5, 5.41) is 11.5. The van der Waals surface area contributed by atoms with E-state index in [9.17, 15) is 9.18 Å². The Labute approximate surface area is 160 Å². The predicted octanol–water partition coefficient (Wildman–Crippen LogP) is 5.06. The van der Waals surface area contributed by atoms with E-state index in [1.807, 2.05) is 6.07 Å². The molecular weight excluding hydrogens is 404 g/mol. The number of rotatable bonds is 5. The van der Waals surface area contributed by atoms with Crippen molar-refractivity contribution in [3.63, 3.8) is 0 Å². The van der Waals surface area contributed by atoms with Crippen molar-refractivity contribution < 1.29 is 9.18 Å². The molecule has 4 nitrogen and oxygen atoms in total. The molecule has 0 radical (unpaired) electrons. The van der Waals surface area contributed by atoms with Crippen molar-refractivity contribution >= 4 is 62.9 Å². The molecule has 1 N–H and O–H groups in total. The molecule has 2 aromatic heterocycles. The van der Waals surface area contributed by atoms with E-state index in [0.29, 0.717) is 14.4 Å². The molecule has 0 aliphatic carbocycles. The largest absolute Gasteiger partial charge is 0.346 e. The Bertz CT molecular complexity index is 922. The van der Waals surface area contributed by atoms with Crippen LogP contribution < -0.4 is 5.32 Å². The molecule has 1 amide bonds. The van der Waals surface area contributed by atoms with Crippen molar-refractivity contribution in [2.75, 3.05) is 0 Å². The zero-order valence-corrected chi connectivity index (χ0v) is 15.6. The minimum Gasteiger partial charge on any atom is -0.346 e. The van der Waals surface area contributed by atoms with Gasteiger partial charge in [-0.05, 0) is 35.9 Å². The van der Waals surface area contributed by atoms with Gasteiger partial charge in [0, 0.05) is 11.4 Å². The number of amides is 1. The van der Waals surface area contributed by atoms with Gasteiger partial charge in [-0.3, -0.25) is 4.79 Å². The Morgan fingerprint density at radius 1 is 1.12 bits per heavy atom. The highest BCUT2D eigenvalue weighted by Crippen LogP contribution is 2.29. The molecule has 25 heavy (non-hydrogen) atoms. The van der Waals surface area contributed by atoms with Gasteiger partial charge in [-0.1, -0.05) is 46.7 Å². The monoisotopic (exact) mass is 413 g/mol. The van der Waals surface area contributed by atoms with E-state index in [0.717, 1.165) is 21.8 Å². The maximum absolute atomic E-state index is 12.9. The third-order valence-electron chi connectivity index (χ3n) is 3.05. The minimum atomic E-state index is -0.364. The zero-order chi connectivity index (χ0) is 17.8. The smallest absolute Gasteiger partial charge is 0.282 e. The van der Waals surface area contributed by atoms with Crippen molar-refractivity contribution in [1.82, 2.24) is 15.5 Å². The molecule has 0 saturated carbocycles. The topological polar surface area (TPSA) is 54.9 Å². The van der Waals surface area contributed by atoms with Gasteiger partial charge in [0.15, 0.2) is 5.01 Å². The summed E-state index contributed by atoms with van der Waals surface area (Å²) in [6.45, 7) is 0.269. The van der Waals surface area contributed by atoms with E-state index in [-0.39, 0.29) is 23.3 Å². The Morgan fingerprint density at radius 2 is 1.84 bits per heavy atom. The number of nitrogens with zero attached hydrogens (tertiary/aromatic N) is 2. The van der Waals surface area contributed by atoms with E-state index in [4.69, 9.17) is 23.2 Å². The summed E-state index contributed by atoms with van der Waals surface area (Å²) in [4.78, 5) is 13.0. The van der Waals surface area contributed by atoms with Crippen molar-refractivity contribution in [1.29, 1.82) is 0 Å². The minimum absolute atomic E-state index is 0.202. The second-order valence-corrected chi connectivity index (χ2v) is 7.99. The first-order chi connectivity index (χ1) is 12.0. The van der Waals surface area contributed by atoms with E-state index in [1.54, 1.807) is 24.3 Å². The molecule has 9 heteroatoms. The van der Waals surface area contributed by atoms with E-state index in [1.165, 1.54) is 23.5 Å². The van der Waals surface area contributed by atoms with Crippen molar-refractivity contribution in [3.8, 4) is 0 Å². The number of hydrogen-bond donors (Lipinski definition) is 1. The first-order valence-corrected chi connectivity index (χ1v) is 9.39. The van der Waals surface area contributed by atoms with Crippen LogP contribution in [-0.2, 0) is 6.54 Å². The van der Waals surface area contributed by atoms with Crippen molar-refractivity contribution in [2.45, 2.75) is 6.54 Å².